The van der Waals surface area contributed by atoms with Crippen LogP contribution < -0.4 is 5.32 Å². The van der Waals surface area contributed by atoms with E-state index in [4.69, 9.17) is 0 Å². The first-order valence-electron chi connectivity index (χ1n) is 7.42. The van der Waals surface area contributed by atoms with Crippen molar-refractivity contribution in [2.24, 2.45) is 24.8 Å². The number of hydrogen-bond donors (Lipinski definition) is 1. The molecule has 0 amide bonds. The van der Waals surface area contributed by atoms with E-state index in [1.807, 2.05) is 17.9 Å². The average Bonchev–Trinajstić information content (AvgIpc) is 3.07. The summed E-state index contributed by atoms with van der Waals surface area (Å²) in [6.07, 6.45) is 10.3. The summed E-state index contributed by atoms with van der Waals surface area (Å²) in [4.78, 5) is 0. The number of aromatic nitrogens is 2. The number of hydrogen-bond acceptors (Lipinski definition) is 2. The lowest BCUT2D eigenvalue weighted by Gasteiger charge is -2.30. The average molecular weight is 247 g/mol. The van der Waals surface area contributed by atoms with Gasteiger partial charge in [-0.2, -0.15) is 5.10 Å². The Labute approximate surface area is 110 Å². The lowest BCUT2D eigenvalue weighted by molar-refractivity contribution is 0.246. The molecule has 3 heteroatoms. The highest BCUT2D eigenvalue weighted by molar-refractivity contribution is 5.02. The molecule has 2 bridgehead atoms. The fraction of sp³-hybridized carbons (Fsp3) is 0.800. The van der Waals surface area contributed by atoms with Gasteiger partial charge in [0.05, 0.1) is 0 Å². The van der Waals surface area contributed by atoms with Crippen molar-refractivity contribution in [2.75, 3.05) is 7.05 Å². The molecular formula is C15H25N3. The van der Waals surface area contributed by atoms with Gasteiger partial charge in [-0.15, -0.1) is 0 Å². The number of nitrogens with zero attached hydrogens (tertiary/aromatic N) is 2. The first kappa shape index (κ1) is 12.2. The maximum Gasteiger partial charge on any atom is 0.0492 e. The molecule has 2 fully saturated rings. The molecule has 0 aliphatic heterocycles. The maximum absolute atomic E-state index is 4.25. The lowest BCUT2D eigenvalue weighted by atomic mass is 9.81. The second-order valence-corrected chi connectivity index (χ2v) is 6.22. The number of rotatable bonds is 5. The van der Waals surface area contributed by atoms with E-state index in [1.54, 1.807) is 0 Å². The van der Waals surface area contributed by atoms with Gasteiger partial charge < -0.3 is 5.32 Å². The molecule has 2 aliphatic rings. The van der Waals surface area contributed by atoms with E-state index in [9.17, 15) is 0 Å². The summed E-state index contributed by atoms with van der Waals surface area (Å²) in [5.41, 5.74) is 1.36. The van der Waals surface area contributed by atoms with Gasteiger partial charge in [0.1, 0.15) is 0 Å². The summed E-state index contributed by atoms with van der Waals surface area (Å²) in [6.45, 7) is 0. The molecule has 3 nitrogen and oxygen atoms in total. The van der Waals surface area contributed by atoms with Crippen LogP contribution in [0.3, 0.4) is 0 Å². The monoisotopic (exact) mass is 247 g/mol. The summed E-state index contributed by atoms with van der Waals surface area (Å²) in [5, 5.41) is 7.83. The molecule has 3 rings (SSSR count). The Morgan fingerprint density at radius 1 is 1.44 bits per heavy atom. The second-order valence-electron chi connectivity index (χ2n) is 6.22. The van der Waals surface area contributed by atoms with E-state index in [1.165, 1.54) is 37.8 Å². The van der Waals surface area contributed by atoms with E-state index < -0.39 is 0 Å². The van der Waals surface area contributed by atoms with Gasteiger partial charge in [-0.1, -0.05) is 6.42 Å². The lowest BCUT2D eigenvalue weighted by Crippen LogP contribution is -2.37. The van der Waals surface area contributed by atoms with Crippen LogP contribution in [-0.4, -0.2) is 22.9 Å². The predicted octanol–water partition coefficient (Wildman–Crippen LogP) is 2.38. The summed E-state index contributed by atoms with van der Waals surface area (Å²) in [6, 6.07) is 2.85. The minimum absolute atomic E-state index is 0.704. The summed E-state index contributed by atoms with van der Waals surface area (Å²) in [7, 11) is 4.18. The number of fused-ring (bicyclic) bond motifs is 2. The highest BCUT2D eigenvalue weighted by Crippen LogP contribution is 2.49. The summed E-state index contributed by atoms with van der Waals surface area (Å²) in [5.74, 6) is 2.99. The van der Waals surface area contributed by atoms with Gasteiger partial charge in [-0.25, -0.2) is 0 Å². The quantitative estimate of drug-likeness (QED) is 0.866. The standard InChI is InChI=1S/C15H25N3/c1-16-15(6-5-13-7-8-17-18(13)2)14-10-11-3-4-12(14)9-11/h7-8,11-12,14-16H,3-6,9-10H2,1-2H3. The molecular weight excluding hydrogens is 222 g/mol. The van der Waals surface area contributed by atoms with E-state index in [0.717, 1.165) is 24.2 Å². The predicted molar refractivity (Wildman–Crippen MR) is 73.3 cm³/mol. The van der Waals surface area contributed by atoms with Crippen LogP contribution >= 0.6 is 0 Å². The highest BCUT2D eigenvalue weighted by atomic mass is 15.2. The van der Waals surface area contributed by atoms with Crippen LogP contribution in [0.4, 0.5) is 0 Å². The number of aryl methyl sites for hydroxylation is 2. The van der Waals surface area contributed by atoms with Gasteiger partial charge in [0.2, 0.25) is 0 Å². The normalized spacial score (nSPS) is 32.0. The van der Waals surface area contributed by atoms with Gasteiger partial charge in [-0.3, -0.25) is 4.68 Å². The van der Waals surface area contributed by atoms with Gasteiger partial charge in [-0.05, 0) is 63.0 Å². The fourth-order valence-corrected chi connectivity index (χ4v) is 4.31. The van der Waals surface area contributed by atoms with Crippen LogP contribution in [0.1, 0.15) is 37.8 Å². The first-order chi connectivity index (χ1) is 8.78. The van der Waals surface area contributed by atoms with Crippen molar-refractivity contribution >= 4 is 0 Å². The Bertz CT molecular complexity index is 398. The van der Waals surface area contributed by atoms with Crippen molar-refractivity contribution in [1.29, 1.82) is 0 Å². The zero-order valence-corrected chi connectivity index (χ0v) is 11.6. The molecule has 1 aromatic heterocycles. The molecule has 1 aromatic rings. The zero-order chi connectivity index (χ0) is 12.5. The molecule has 0 saturated heterocycles. The van der Waals surface area contributed by atoms with Crippen molar-refractivity contribution in [1.82, 2.24) is 15.1 Å². The van der Waals surface area contributed by atoms with Gasteiger partial charge in [0.15, 0.2) is 0 Å². The third kappa shape index (κ3) is 2.20. The van der Waals surface area contributed by atoms with Crippen LogP contribution in [0, 0.1) is 17.8 Å². The van der Waals surface area contributed by atoms with Crippen LogP contribution in [0.2, 0.25) is 0 Å². The minimum Gasteiger partial charge on any atom is -0.317 e. The topological polar surface area (TPSA) is 29.9 Å². The smallest absolute Gasteiger partial charge is 0.0492 e. The Morgan fingerprint density at radius 2 is 2.33 bits per heavy atom. The molecule has 0 radical (unpaired) electrons. The Kier molecular flexibility index (Phi) is 3.42. The van der Waals surface area contributed by atoms with Crippen LogP contribution in [0.15, 0.2) is 12.3 Å². The maximum atomic E-state index is 4.25. The van der Waals surface area contributed by atoms with Gasteiger partial charge in [0, 0.05) is 25.0 Å². The molecule has 18 heavy (non-hydrogen) atoms. The molecule has 2 saturated carbocycles. The van der Waals surface area contributed by atoms with E-state index >= 15 is 0 Å². The van der Waals surface area contributed by atoms with Crippen LogP contribution in [-0.2, 0) is 13.5 Å². The molecule has 0 aromatic carbocycles. The van der Waals surface area contributed by atoms with E-state index in [2.05, 4.69) is 23.5 Å². The Hall–Kier alpha value is -0.830. The van der Waals surface area contributed by atoms with Crippen molar-refractivity contribution < 1.29 is 0 Å². The molecule has 4 unspecified atom stereocenters. The van der Waals surface area contributed by atoms with Gasteiger partial charge >= 0.3 is 0 Å². The molecule has 1 N–H and O–H groups in total. The highest BCUT2D eigenvalue weighted by Gasteiger charge is 2.42. The SMILES string of the molecule is CNC(CCc1ccnn1C)C1CC2CCC1C2. The van der Waals surface area contributed by atoms with Crippen molar-refractivity contribution in [2.45, 2.75) is 44.6 Å². The molecule has 100 valence electrons. The van der Waals surface area contributed by atoms with Crippen molar-refractivity contribution in [3.8, 4) is 0 Å². The van der Waals surface area contributed by atoms with Crippen molar-refractivity contribution in [3.05, 3.63) is 18.0 Å². The van der Waals surface area contributed by atoms with Crippen LogP contribution in [0.5, 0.6) is 0 Å². The molecule has 0 spiro atoms. The van der Waals surface area contributed by atoms with E-state index in [-0.39, 0.29) is 0 Å². The van der Waals surface area contributed by atoms with E-state index in [0.29, 0.717) is 6.04 Å². The molecule has 4 atom stereocenters. The van der Waals surface area contributed by atoms with Gasteiger partial charge in [0.25, 0.3) is 0 Å². The minimum atomic E-state index is 0.704. The Balaban J connectivity index is 1.58. The summed E-state index contributed by atoms with van der Waals surface area (Å²) >= 11 is 0. The fourth-order valence-electron chi connectivity index (χ4n) is 4.31. The summed E-state index contributed by atoms with van der Waals surface area (Å²) < 4.78 is 2.01. The largest absolute Gasteiger partial charge is 0.317 e. The molecule has 1 heterocycles. The zero-order valence-electron chi connectivity index (χ0n) is 11.6. The molecule has 2 aliphatic carbocycles. The first-order valence-corrected chi connectivity index (χ1v) is 7.42. The third-order valence-electron chi connectivity index (χ3n) is 5.31. The third-order valence-corrected chi connectivity index (χ3v) is 5.31. The Morgan fingerprint density at radius 3 is 2.89 bits per heavy atom. The number of nitrogens with one attached hydrogen (secondary N) is 1. The second kappa shape index (κ2) is 5.04. The van der Waals surface area contributed by atoms with Crippen LogP contribution in [0.25, 0.3) is 0 Å². The van der Waals surface area contributed by atoms with Crippen molar-refractivity contribution in [3.63, 3.8) is 0 Å².